The van der Waals surface area contributed by atoms with Gasteiger partial charge in [0.05, 0.1) is 10.5 Å². The molecule has 0 saturated carbocycles. The summed E-state index contributed by atoms with van der Waals surface area (Å²) in [6.45, 7) is 8.30. The summed E-state index contributed by atoms with van der Waals surface area (Å²) in [6, 6.07) is 4.73. The molecule has 1 aromatic carbocycles. The van der Waals surface area contributed by atoms with Crippen molar-refractivity contribution in [2.24, 2.45) is 0 Å². The molecule has 6 nitrogen and oxygen atoms in total. The van der Waals surface area contributed by atoms with Gasteiger partial charge in [0.2, 0.25) is 10.0 Å². The normalized spacial score (nSPS) is 17.6. The highest BCUT2D eigenvalue weighted by molar-refractivity contribution is 7.89. The fourth-order valence-electron chi connectivity index (χ4n) is 2.82. The first-order chi connectivity index (χ1) is 10.8. The van der Waals surface area contributed by atoms with E-state index in [1.807, 2.05) is 6.92 Å². The van der Waals surface area contributed by atoms with Gasteiger partial charge in [-0.05, 0) is 38.0 Å². The molecule has 7 heteroatoms. The molecule has 1 N–H and O–H groups in total. The molecule has 0 radical (unpaired) electrons. The molecule has 0 amide bonds. The third-order valence-electron chi connectivity index (χ3n) is 4.32. The SMILES string of the molecule is CCc1ccc(C(=O)O)cc1S(=O)(=O)N1CCN(C(C)C)CC1. The Labute approximate surface area is 137 Å². The van der Waals surface area contributed by atoms with Gasteiger partial charge in [0, 0.05) is 32.2 Å². The van der Waals surface area contributed by atoms with E-state index >= 15 is 0 Å². The molecule has 1 aliphatic rings. The van der Waals surface area contributed by atoms with Gasteiger partial charge in [-0.15, -0.1) is 0 Å². The monoisotopic (exact) mass is 340 g/mol. The largest absolute Gasteiger partial charge is 0.478 e. The van der Waals surface area contributed by atoms with Crippen molar-refractivity contribution in [2.75, 3.05) is 26.2 Å². The molecular formula is C16H24N2O4S. The Morgan fingerprint density at radius 3 is 2.30 bits per heavy atom. The molecule has 0 unspecified atom stereocenters. The van der Waals surface area contributed by atoms with E-state index in [-0.39, 0.29) is 10.5 Å². The van der Waals surface area contributed by atoms with Crippen molar-refractivity contribution in [3.63, 3.8) is 0 Å². The summed E-state index contributed by atoms with van der Waals surface area (Å²) in [6.07, 6.45) is 0.542. The highest BCUT2D eigenvalue weighted by Gasteiger charge is 2.31. The Morgan fingerprint density at radius 1 is 1.22 bits per heavy atom. The molecule has 23 heavy (non-hydrogen) atoms. The van der Waals surface area contributed by atoms with Crippen molar-refractivity contribution in [1.82, 2.24) is 9.21 Å². The third-order valence-corrected chi connectivity index (χ3v) is 6.30. The third kappa shape index (κ3) is 3.73. The van der Waals surface area contributed by atoms with Gasteiger partial charge in [-0.1, -0.05) is 13.0 Å². The molecule has 1 aromatic rings. The van der Waals surface area contributed by atoms with E-state index in [1.165, 1.54) is 16.4 Å². The van der Waals surface area contributed by atoms with Crippen LogP contribution in [0.25, 0.3) is 0 Å². The number of carboxylic acid groups (broad SMARTS) is 1. The van der Waals surface area contributed by atoms with Gasteiger partial charge in [0.25, 0.3) is 0 Å². The van der Waals surface area contributed by atoms with Crippen molar-refractivity contribution in [3.05, 3.63) is 29.3 Å². The Bertz CT molecular complexity index is 677. The lowest BCUT2D eigenvalue weighted by Crippen LogP contribution is -2.50. The number of benzene rings is 1. The number of carbonyl (C=O) groups is 1. The quantitative estimate of drug-likeness (QED) is 0.882. The number of aryl methyl sites for hydroxylation is 1. The van der Waals surface area contributed by atoms with Crippen molar-refractivity contribution >= 4 is 16.0 Å². The number of rotatable bonds is 5. The van der Waals surface area contributed by atoms with Crippen LogP contribution < -0.4 is 0 Å². The summed E-state index contributed by atoms with van der Waals surface area (Å²) in [5.41, 5.74) is 0.655. The first kappa shape index (κ1) is 17.9. The van der Waals surface area contributed by atoms with Crippen LogP contribution in [0.4, 0.5) is 0 Å². The summed E-state index contributed by atoms with van der Waals surface area (Å²) in [5.74, 6) is -1.12. The molecule has 1 saturated heterocycles. The molecule has 0 atom stereocenters. The zero-order valence-electron chi connectivity index (χ0n) is 13.8. The van der Waals surface area contributed by atoms with Gasteiger partial charge in [-0.3, -0.25) is 4.90 Å². The van der Waals surface area contributed by atoms with Gasteiger partial charge in [-0.25, -0.2) is 13.2 Å². The number of hydrogen-bond acceptors (Lipinski definition) is 4. The molecule has 0 spiro atoms. The highest BCUT2D eigenvalue weighted by Crippen LogP contribution is 2.24. The maximum atomic E-state index is 12.9. The predicted octanol–water partition coefficient (Wildman–Crippen LogP) is 1.66. The standard InChI is InChI=1S/C16H24N2O4S/c1-4-13-5-6-14(16(19)20)11-15(13)23(21,22)18-9-7-17(8-10-18)12(2)3/h5-6,11-12H,4,7-10H2,1-3H3,(H,19,20). The topological polar surface area (TPSA) is 77.9 Å². The van der Waals surface area contributed by atoms with Gasteiger partial charge >= 0.3 is 5.97 Å². The summed E-state index contributed by atoms with van der Waals surface area (Å²) < 4.78 is 27.3. The van der Waals surface area contributed by atoms with Crippen LogP contribution in [0.15, 0.2) is 23.1 Å². The Morgan fingerprint density at radius 2 is 1.83 bits per heavy atom. The first-order valence-corrected chi connectivity index (χ1v) is 9.31. The summed E-state index contributed by atoms with van der Waals surface area (Å²) in [7, 11) is -3.67. The fraction of sp³-hybridized carbons (Fsp3) is 0.562. The van der Waals surface area contributed by atoms with E-state index in [1.54, 1.807) is 6.07 Å². The van der Waals surface area contributed by atoms with Crippen LogP contribution in [0.5, 0.6) is 0 Å². The van der Waals surface area contributed by atoms with Crippen molar-refractivity contribution in [3.8, 4) is 0 Å². The number of carboxylic acids is 1. The Kier molecular flexibility index (Phi) is 5.44. The molecule has 0 bridgehead atoms. The second kappa shape index (κ2) is 6.98. The van der Waals surface area contributed by atoms with Crippen LogP contribution in [0.2, 0.25) is 0 Å². The van der Waals surface area contributed by atoms with Crippen molar-refractivity contribution < 1.29 is 18.3 Å². The molecule has 128 valence electrons. The molecule has 1 aliphatic heterocycles. The minimum absolute atomic E-state index is 0.00147. The second-order valence-corrected chi connectivity index (χ2v) is 7.92. The van der Waals surface area contributed by atoms with Crippen molar-refractivity contribution in [2.45, 2.75) is 38.1 Å². The van der Waals surface area contributed by atoms with Crippen LogP contribution in [-0.2, 0) is 16.4 Å². The van der Waals surface area contributed by atoms with Crippen LogP contribution in [0.1, 0.15) is 36.7 Å². The van der Waals surface area contributed by atoms with Crippen LogP contribution >= 0.6 is 0 Å². The summed E-state index contributed by atoms with van der Waals surface area (Å²) in [4.78, 5) is 13.5. The van der Waals surface area contributed by atoms with E-state index in [2.05, 4.69) is 18.7 Å². The van der Waals surface area contributed by atoms with Gasteiger partial charge in [-0.2, -0.15) is 4.31 Å². The van der Waals surface area contributed by atoms with E-state index in [9.17, 15) is 13.2 Å². The van der Waals surface area contributed by atoms with Crippen molar-refractivity contribution in [1.29, 1.82) is 0 Å². The molecule has 1 heterocycles. The van der Waals surface area contributed by atoms with E-state index in [0.29, 0.717) is 44.2 Å². The Balaban J connectivity index is 2.33. The van der Waals surface area contributed by atoms with E-state index < -0.39 is 16.0 Å². The lowest BCUT2D eigenvalue weighted by Gasteiger charge is -2.36. The zero-order valence-corrected chi connectivity index (χ0v) is 14.6. The molecule has 1 fully saturated rings. The smallest absolute Gasteiger partial charge is 0.335 e. The number of hydrogen-bond donors (Lipinski definition) is 1. The molecular weight excluding hydrogens is 316 g/mol. The van der Waals surface area contributed by atoms with E-state index in [0.717, 1.165) is 0 Å². The summed E-state index contributed by atoms with van der Waals surface area (Å²) in [5, 5.41) is 9.13. The lowest BCUT2D eigenvalue weighted by molar-refractivity contribution is 0.0696. The number of nitrogens with zero attached hydrogens (tertiary/aromatic N) is 2. The minimum atomic E-state index is -3.67. The van der Waals surface area contributed by atoms with E-state index in [4.69, 9.17) is 5.11 Å². The lowest BCUT2D eigenvalue weighted by atomic mass is 10.1. The average molecular weight is 340 g/mol. The van der Waals surface area contributed by atoms with Gasteiger partial charge < -0.3 is 5.11 Å². The van der Waals surface area contributed by atoms with Gasteiger partial charge in [0.15, 0.2) is 0 Å². The maximum Gasteiger partial charge on any atom is 0.335 e. The highest BCUT2D eigenvalue weighted by atomic mass is 32.2. The average Bonchev–Trinajstić information content (AvgIpc) is 2.54. The molecule has 0 aromatic heterocycles. The van der Waals surface area contributed by atoms with Crippen LogP contribution in [0, 0.1) is 0 Å². The number of piperazine rings is 1. The number of aromatic carboxylic acids is 1. The molecule has 2 rings (SSSR count). The minimum Gasteiger partial charge on any atom is -0.478 e. The second-order valence-electron chi connectivity index (χ2n) is 6.02. The number of sulfonamides is 1. The van der Waals surface area contributed by atoms with Gasteiger partial charge in [0.1, 0.15) is 0 Å². The predicted molar refractivity (Wildman–Crippen MR) is 88.2 cm³/mol. The first-order valence-electron chi connectivity index (χ1n) is 7.87. The fourth-order valence-corrected chi connectivity index (χ4v) is 4.56. The Hall–Kier alpha value is -1.44. The van der Waals surface area contributed by atoms with Crippen LogP contribution in [-0.4, -0.2) is 60.9 Å². The maximum absolute atomic E-state index is 12.9. The zero-order chi connectivity index (χ0) is 17.2. The molecule has 0 aliphatic carbocycles. The van der Waals surface area contributed by atoms with Crippen LogP contribution in [0.3, 0.4) is 0 Å². The summed E-state index contributed by atoms with van der Waals surface area (Å²) >= 11 is 0.